The fourth-order valence-corrected chi connectivity index (χ4v) is 2.24. The van der Waals surface area contributed by atoms with Gasteiger partial charge < -0.3 is 9.88 Å². The maximum atomic E-state index is 12.5. The first kappa shape index (κ1) is 17.1. The highest BCUT2D eigenvalue weighted by atomic mass is 35.5. The Labute approximate surface area is 134 Å². The lowest BCUT2D eigenvalue weighted by Gasteiger charge is -2.10. The minimum Gasteiger partial charge on any atom is -0.355 e. The average Bonchev–Trinajstić information content (AvgIpc) is 2.49. The Morgan fingerprint density at radius 3 is 2.39 bits per heavy atom. The zero-order chi connectivity index (χ0) is 17.2. The number of amides is 1. The smallest absolute Gasteiger partial charge is 0.355 e. The second kappa shape index (κ2) is 6.45. The maximum Gasteiger partial charge on any atom is 0.416 e. The fraction of sp³-hybridized carbons (Fsp3) is 0.200. The third kappa shape index (κ3) is 3.92. The van der Waals surface area contributed by atoms with Gasteiger partial charge in [-0.05, 0) is 23.8 Å². The molecular weight excluding hydrogens is 333 g/mol. The molecule has 0 atom stereocenters. The van der Waals surface area contributed by atoms with Crippen LogP contribution in [0.15, 0.2) is 41.3 Å². The van der Waals surface area contributed by atoms with E-state index >= 15 is 0 Å². The van der Waals surface area contributed by atoms with Crippen LogP contribution in [0.5, 0.6) is 0 Å². The Morgan fingerprint density at radius 2 is 1.87 bits per heavy atom. The molecule has 1 N–H and O–H groups in total. The summed E-state index contributed by atoms with van der Waals surface area (Å²) < 4.78 is 38.8. The highest BCUT2D eigenvalue weighted by Crippen LogP contribution is 2.29. The van der Waals surface area contributed by atoms with Gasteiger partial charge in [-0.1, -0.05) is 23.7 Å². The number of carbonyl (C=O) groups excluding carboxylic acids is 1. The molecule has 23 heavy (non-hydrogen) atoms. The Kier molecular flexibility index (Phi) is 4.79. The fourth-order valence-electron chi connectivity index (χ4n) is 2.01. The van der Waals surface area contributed by atoms with Crippen molar-refractivity contribution in [3.8, 4) is 0 Å². The van der Waals surface area contributed by atoms with Gasteiger partial charge in [-0.25, -0.2) is 0 Å². The summed E-state index contributed by atoms with van der Waals surface area (Å²) in [6, 6.07) is 5.66. The molecule has 0 aliphatic heterocycles. The molecule has 1 aromatic carbocycles. The second-order valence-corrected chi connectivity index (χ2v) is 5.22. The quantitative estimate of drug-likeness (QED) is 0.930. The molecule has 0 aliphatic rings. The third-order valence-corrected chi connectivity index (χ3v) is 3.37. The highest BCUT2D eigenvalue weighted by Gasteiger charge is 2.29. The molecule has 2 rings (SSSR count). The normalized spacial score (nSPS) is 11.3. The van der Waals surface area contributed by atoms with E-state index in [1.54, 1.807) is 0 Å². The zero-order valence-corrected chi connectivity index (χ0v) is 12.7. The second-order valence-electron chi connectivity index (χ2n) is 4.78. The van der Waals surface area contributed by atoms with Gasteiger partial charge in [-0.2, -0.15) is 13.2 Å². The summed E-state index contributed by atoms with van der Waals surface area (Å²) in [5.74, 6) is -0.585. The van der Waals surface area contributed by atoms with Gasteiger partial charge in [0.2, 0.25) is 0 Å². The minimum atomic E-state index is -4.42. The number of aromatic nitrogens is 1. The summed E-state index contributed by atoms with van der Waals surface area (Å²) in [4.78, 5) is 23.9. The van der Waals surface area contributed by atoms with Gasteiger partial charge >= 0.3 is 6.18 Å². The molecule has 0 saturated carbocycles. The van der Waals surface area contributed by atoms with Crippen molar-refractivity contribution in [2.45, 2.75) is 12.7 Å². The number of hydrogen-bond acceptors (Lipinski definition) is 2. The monoisotopic (exact) mass is 344 g/mol. The van der Waals surface area contributed by atoms with E-state index < -0.39 is 23.2 Å². The molecule has 0 aliphatic carbocycles. The van der Waals surface area contributed by atoms with Crippen molar-refractivity contribution in [1.82, 2.24) is 9.88 Å². The molecule has 0 radical (unpaired) electrons. The van der Waals surface area contributed by atoms with Crippen LogP contribution in [0.2, 0.25) is 5.02 Å². The summed E-state index contributed by atoms with van der Waals surface area (Å²) in [6.07, 6.45) is -3.09. The van der Waals surface area contributed by atoms with Crippen molar-refractivity contribution in [3.05, 3.63) is 68.6 Å². The van der Waals surface area contributed by atoms with Gasteiger partial charge in [0, 0.05) is 13.2 Å². The van der Waals surface area contributed by atoms with E-state index in [1.807, 2.05) is 0 Å². The van der Waals surface area contributed by atoms with Gasteiger partial charge in [0.15, 0.2) is 0 Å². The average molecular weight is 345 g/mol. The largest absolute Gasteiger partial charge is 0.416 e. The third-order valence-electron chi connectivity index (χ3n) is 3.16. The summed E-state index contributed by atoms with van der Waals surface area (Å²) >= 11 is 5.89. The number of nitrogens with zero attached hydrogens (tertiary/aromatic N) is 1. The standard InChI is InChI=1S/C15H12ClF3N2O2/c1-20-13(22)12-6-11(16)8-21(14(12)23)7-9-2-4-10(5-3-9)15(17,18)19/h2-6,8H,7H2,1H3,(H,20,22). The zero-order valence-electron chi connectivity index (χ0n) is 11.9. The highest BCUT2D eigenvalue weighted by molar-refractivity contribution is 6.30. The van der Waals surface area contributed by atoms with E-state index in [0.29, 0.717) is 5.56 Å². The van der Waals surface area contributed by atoms with Gasteiger partial charge in [0.25, 0.3) is 11.5 Å². The van der Waals surface area contributed by atoms with Crippen molar-refractivity contribution >= 4 is 17.5 Å². The van der Waals surface area contributed by atoms with Crippen molar-refractivity contribution in [1.29, 1.82) is 0 Å². The lowest BCUT2D eigenvalue weighted by molar-refractivity contribution is -0.137. The van der Waals surface area contributed by atoms with Crippen molar-refractivity contribution in [2.75, 3.05) is 7.05 Å². The summed E-state index contributed by atoms with van der Waals surface area (Å²) in [6.45, 7) is 0.00151. The molecule has 0 bridgehead atoms. The number of halogens is 4. The summed E-state index contributed by atoms with van der Waals surface area (Å²) in [5, 5.41) is 2.50. The summed E-state index contributed by atoms with van der Waals surface area (Å²) in [7, 11) is 1.38. The van der Waals surface area contributed by atoms with Gasteiger partial charge in [0.05, 0.1) is 17.1 Å². The Morgan fingerprint density at radius 1 is 1.26 bits per heavy atom. The maximum absolute atomic E-state index is 12.5. The molecule has 1 aromatic heterocycles. The number of benzene rings is 1. The number of alkyl halides is 3. The predicted octanol–water partition coefficient (Wildman–Crippen LogP) is 2.93. The van der Waals surface area contributed by atoms with E-state index in [0.717, 1.165) is 12.1 Å². The van der Waals surface area contributed by atoms with Crippen molar-refractivity contribution in [2.24, 2.45) is 0 Å². The van der Waals surface area contributed by atoms with Crippen LogP contribution >= 0.6 is 11.6 Å². The van der Waals surface area contributed by atoms with Crippen LogP contribution in [0.25, 0.3) is 0 Å². The number of rotatable bonds is 3. The number of pyridine rings is 1. The molecule has 0 spiro atoms. The lowest BCUT2D eigenvalue weighted by Crippen LogP contribution is -2.31. The molecule has 0 saturated heterocycles. The number of hydrogen-bond donors (Lipinski definition) is 1. The Bertz CT molecular complexity index is 783. The van der Waals surface area contributed by atoms with Crippen LogP contribution in [0, 0.1) is 0 Å². The molecular formula is C15H12ClF3N2O2. The number of nitrogens with one attached hydrogen (secondary N) is 1. The van der Waals surface area contributed by atoms with E-state index in [1.165, 1.54) is 36.0 Å². The first-order valence-electron chi connectivity index (χ1n) is 6.50. The van der Waals surface area contributed by atoms with Gasteiger partial charge in [-0.3, -0.25) is 9.59 Å². The molecule has 122 valence electrons. The predicted molar refractivity (Wildman–Crippen MR) is 79.6 cm³/mol. The van der Waals surface area contributed by atoms with Gasteiger partial charge in [0.1, 0.15) is 5.56 Å². The van der Waals surface area contributed by atoms with Crippen molar-refractivity contribution in [3.63, 3.8) is 0 Å². The molecule has 1 heterocycles. The van der Waals surface area contributed by atoms with E-state index in [-0.39, 0.29) is 17.1 Å². The van der Waals surface area contributed by atoms with Crippen LogP contribution < -0.4 is 10.9 Å². The molecule has 4 nitrogen and oxygen atoms in total. The van der Waals surface area contributed by atoms with E-state index in [2.05, 4.69) is 5.32 Å². The topological polar surface area (TPSA) is 51.1 Å². The van der Waals surface area contributed by atoms with Crippen LogP contribution in [0.1, 0.15) is 21.5 Å². The van der Waals surface area contributed by atoms with E-state index in [4.69, 9.17) is 11.6 Å². The van der Waals surface area contributed by atoms with Crippen LogP contribution in [-0.4, -0.2) is 17.5 Å². The molecule has 0 fully saturated rings. The first-order valence-corrected chi connectivity index (χ1v) is 6.88. The van der Waals surface area contributed by atoms with E-state index in [9.17, 15) is 22.8 Å². The minimum absolute atomic E-state index is 0.00151. The molecule has 1 amide bonds. The number of carbonyl (C=O) groups is 1. The molecule has 0 unspecified atom stereocenters. The Balaban J connectivity index is 2.35. The van der Waals surface area contributed by atoms with Crippen LogP contribution in [0.3, 0.4) is 0 Å². The van der Waals surface area contributed by atoms with Gasteiger partial charge in [-0.15, -0.1) is 0 Å². The van der Waals surface area contributed by atoms with Crippen molar-refractivity contribution < 1.29 is 18.0 Å². The SMILES string of the molecule is CNC(=O)c1cc(Cl)cn(Cc2ccc(C(F)(F)F)cc2)c1=O. The Hall–Kier alpha value is -2.28. The molecule has 2 aromatic rings. The first-order chi connectivity index (χ1) is 10.7. The molecule has 8 heteroatoms. The lowest BCUT2D eigenvalue weighted by atomic mass is 10.1. The summed E-state index contributed by atoms with van der Waals surface area (Å²) in [5.41, 5.74) is -1.00. The van der Waals surface area contributed by atoms with Crippen LogP contribution in [0.4, 0.5) is 13.2 Å². The van der Waals surface area contributed by atoms with Crippen LogP contribution in [-0.2, 0) is 12.7 Å².